The molecule has 114 valence electrons. The molecule has 4 heteroatoms. The molecule has 1 aromatic carbocycles. The van der Waals surface area contributed by atoms with Gasteiger partial charge in [0, 0.05) is 11.3 Å². The minimum Gasteiger partial charge on any atom is -0.461 e. The summed E-state index contributed by atoms with van der Waals surface area (Å²) in [6.45, 7) is 5.57. The third-order valence-corrected chi connectivity index (χ3v) is 3.39. The van der Waals surface area contributed by atoms with Crippen LogP contribution in [-0.2, 0) is 4.74 Å². The maximum absolute atomic E-state index is 12.4. The summed E-state index contributed by atoms with van der Waals surface area (Å²) in [6.07, 6.45) is 3.28. The minimum absolute atomic E-state index is 0.134. The van der Waals surface area contributed by atoms with Crippen LogP contribution in [0.5, 0.6) is 0 Å². The van der Waals surface area contributed by atoms with Crippen molar-refractivity contribution in [2.45, 2.75) is 20.8 Å². The van der Waals surface area contributed by atoms with E-state index in [1.807, 2.05) is 30.3 Å². The Kier molecular flexibility index (Phi) is 4.94. The Balaban J connectivity index is 2.27. The van der Waals surface area contributed by atoms with Crippen LogP contribution < -0.4 is 0 Å². The molecule has 0 saturated carbocycles. The number of nitrogens with one attached hydrogen (secondary N) is 1. The molecule has 0 aliphatic rings. The van der Waals surface area contributed by atoms with E-state index in [1.165, 1.54) is 6.08 Å². The normalized spacial score (nSPS) is 10.9. The molecule has 2 rings (SSSR count). The van der Waals surface area contributed by atoms with Crippen LogP contribution in [0.3, 0.4) is 0 Å². The molecular weight excluding hydrogens is 278 g/mol. The molecule has 1 heterocycles. The van der Waals surface area contributed by atoms with Crippen molar-refractivity contribution in [3.63, 3.8) is 0 Å². The van der Waals surface area contributed by atoms with E-state index in [2.05, 4.69) is 4.98 Å². The molecule has 0 radical (unpaired) electrons. The number of aryl methyl sites for hydroxylation is 1. The van der Waals surface area contributed by atoms with Crippen LogP contribution in [0, 0.1) is 13.8 Å². The third-order valence-electron chi connectivity index (χ3n) is 3.39. The average molecular weight is 297 g/mol. The maximum atomic E-state index is 12.4. The molecule has 0 aliphatic carbocycles. The van der Waals surface area contributed by atoms with Gasteiger partial charge in [0.25, 0.3) is 0 Å². The number of benzene rings is 1. The molecule has 22 heavy (non-hydrogen) atoms. The molecule has 0 spiro atoms. The van der Waals surface area contributed by atoms with Gasteiger partial charge in [-0.1, -0.05) is 36.4 Å². The zero-order chi connectivity index (χ0) is 16.1. The fraction of sp³-hybridized carbons (Fsp3) is 0.222. The van der Waals surface area contributed by atoms with Gasteiger partial charge in [-0.05, 0) is 38.0 Å². The summed E-state index contributed by atoms with van der Waals surface area (Å²) in [5.41, 5.74) is 3.11. The molecule has 0 fully saturated rings. The molecule has 1 N–H and O–H groups in total. The summed E-state index contributed by atoms with van der Waals surface area (Å²) in [5.74, 6) is -0.570. The Bertz CT molecular complexity index is 711. The summed E-state index contributed by atoms with van der Waals surface area (Å²) < 4.78 is 4.99. The Labute approximate surface area is 129 Å². The molecule has 0 bridgehead atoms. The zero-order valence-electron chi connectivity index (χ0n) is 13.0. The van der Waals surface area contributed by atoms with Crippen molar-refractivity contribution < 1.29 is 14.3 Å². The first-order chi connectivity index (χ1) is 10.5. The third kappa shape index (κ3) is 3.34. The maximum Gasteiger partial charge on any atom is 0.355 e. The van der Waals surface area contributed by atoms with Gasteiger partial charge in [-0.2, -0.15) is 0 Å². The van der Waals surface area contributed by atoms with Gasteiger partial charge in [0.05, 0.1) is 6.61 Å². The van der Waals surface area contributed by atoms with Crippen molar-refractivity contribution in [3.8, 4) is 0 Å². The van der Waals surface area contributed by atoms with Crippen LogP contribution in [0.15, 0.2) is 36.4 Å². The molecule has 0 aliphatic heterocycles. The highest BCUT2D eigenvalue weighted by Gasteiger charge is 2.21. The van der Waals surface area contributed by atoms with Crippen molar-refractivity contribution in [3.05, 3.63) is 64.5 Å². The standard InChI is InChI=1S/C18H19NO3/c1-4-22-18(21)17-12(2)16(13(3)19-17)15(20)11-10-14-8-6-5-7-9-14/h5-11,19H,4H2,1-3H3/b11-10-. The number of hydrogen-bond acceptors (Lipinski definition) is 3. The van der Waals surface area contributed by atoms with Crippen LogP contribution in [-0.4, -0.2) is 23.3 Å². The number of ether oxygens (including phenoxy) is 1. The zero-order valence-corrected chi connectivity index (χ0v) is 13.0. The number of ketones is 1. The number of carbonyl (C=O) groups excluding carboxylic acids is 2. The van der Waals surface area contributed by atoms with Gasteiger partial charge in [0.1, 0.15) is 5.69 Å². The fourth-order valence-corrected chi connectivity index (χ4v) is 2.35. The number of H-pyrrole nitrogens is 1. The predicted octanol–water partition coefficient (Wildman–Crippen LogP) is 3.70. The van der Waals surface area contributed by atoms with Crippen molar-refractivity contribution in [2.24, 2.45) is 0 Å². The van der Waals surface area contributed by atoms with Crippen LogP contribution >= 0.6 is 0 Å². The van der Waals surface area contributed by atoms with Gasteiger partial charge < -0.3 is 9.72 Å². The second-order valence-electron chi connectivity index (χ2n) is 4.95. The molecule has 0 amide bonds. The summed E-state index contributed by atoms with van der Waals surface area (Å²) in [6, 6.07) is 9.59. The minimum atomic E-state index is -0.436. The van der Waals surface area contributed by atoms with E-state index in [9.17, 15) is 9.59 Å². The van der Waals surface area contributed by atoms with Crippen molar-refractivity contribution in [2.75, 3.05) is 6.61 Å². The Morgan fingerprint density at radius 1 is 1.18 bits per heavy atom. The average Bonchev–Trinajstić information content (AvgIpc) is 2.81. The van der Waals surface area contributed by atoms with E-state index in [0.717, 1.165) is 5.56 Å². The van der Waals surface area contributed by atoms with Gasteiger partial charge in [0.15, 0.2) is 5.78 Å². The Morgan fingerprint density at radius 2 is 1.86 bits per heavy atom. The van der Waals surface area contributed by atoms with E-state index in [-0.39, 0.29) is 5.78 Å². The molecule has 0 atom stereocenters. The lowest BCUT2D eigenvalue weighted by molar-refractivity contribution is 0.0519. The lowest BCUT2D eigenvalue weighted by Gasteiger charge is -2.00. The largest absolute Gasteiger partial charge is 0.461 e. The van der Waals surface area contributed by atoms with E-state index in [0.29, 0.717) is 29.1 Å². The molecular formula is C18H19NO3. The van der Waals surface area contributed by atoms with Gasteiger partial charge >= 0.3 is 5.97 Å². The smallest absolute Gasteiger partial charge is 0.355 e. The van der Waals surface area contributed by atoms with E-state index in [4.69, 9.17) is 4.74 Å². The highest BCUT2D eigenvalue weighted by molar-refractivity contribution is 6.10. The van der Waals surface area contributed by atoms with Crippen LogP contribution in [0.1, 0.15) is 44.6 Å². The first-order valence-corrected chi connectivity index (χ1v) is 7.18. The van der Waals surface area contributed by atoms with Gasteiger partial charge in [-0.25, -0.2) is 4.79 Å². The molecule has 0 unspecified atom stereocenters. The number of carbonyl (C=O) groups is 2. The number of hydrogen-bond donors (Lipinski definition) is 1. The topological polar surface area (TPSA) is 59.2 Å². The number of aromatic amines is 1. The highest BCUT2D eigenvalue weighted by Crippen LogP contribution is 2.20. The first-order valence-electron chi connectivity index (χ1n) is 7.18. The van der Waals surface area contributed by atoms with Gasteiger partial charge in [-0.15, -0.1) is 0 Å². The molecule has 0 saturated heterocycles. The summed E-state index contributed by atoms with van der Waals surface area (Å²) in [4.78, 5) is 27.2. The van der Waals surface area contributed by atoms with Crippen LogP contribution in [0.25, 0.3) is 6.08 Å². The van der Waals surface area contributed by atoms with E-state index in [1.54, 1.807) is 26.8 Å². The molecule has 2 aromatic rings. The quantitative estimate of drug-likeness (QED) is 0.520. The number of esters is 1. The van der Waals surface area contributed by atoms with Crippen molar-refractivity contribution in [1.29, 1.82) is 0 Å². The van der Waals surface area contributed by atoms with Gasteiger partial charge in [0.2, 0.25) is 0 Å². The first kappa shape index (κ1) is 15.8. The summed E-state index contributed by atoms with van der Waals surface area (Å²) in [5, 5.41) is 0. The van der Waals surface area contributed by atoms with Crippen LogP contribution in [0.4, 0.5) is 0 Å². The van der Waals surface area contributed by atoms with E-state index >= 15 is 0 Å². The van der Waals surface area contributed by atoms with Crippen molar-refractivity contribution >= 4 is 17.8 Å². The van der Waals surface area contributed by atoms with Crippen LogP contribution in [0.2, 0.25) is 0 Å². The number of rotatable bonds is 5. The Morgan fingerprint density at radius 3 is 2.50 bits per heavy atom. The highest BCUT2D eigenvalue weighted by atomic mass is 16.5. The SMILES string of the molecule is CCOC(=O)c1[nH]c(C)c(C(=O)/C=C\c2ccccc2)c1C. The molecule has 4 nitrogen and oxygen atoms in total. The summed E-state index contributed by atoms with van der Waals surface area (Å²) in [7, 11) is 0. The lowest BCUT2D eigenvalue weighted by atomic mass is 10.0. The number of allylic oxidation sites excluding steroid dienone is 1. The monoisotopic (exact) mass is 297 g/mol. The van der Waals surface area contributed by atoms with Crippen molar-refractivity contribution in [1.82, 2.24) is 4.98 Å². The second kappa shape index (κ2) is 6.89. The second-order valence-corrected chi connectivity index (χ2v) is 4.95. The number of aromatic nitrogens is 1. The fourth-order valence-electron chi connectivity index (χ4n) is 2.35. The molecule has 1 aromatic heterocycles. The predicted molar refractivity (Wildman–Crippen MR) is 86.0 cm³/mol. The van der Waals surface area contributed by atoms with E-state index < -0.39 is 5.97 Å². The lowest BCUT2D eigenvalue weighted by Crippen LogP contribution is -2.07. The Hall–Kier alpha value is -2.62. The van der Waals surface area contributed by atoms with Gasteiger partial charge in [-0.3, -0.25) is 4.79 Å². The summed E-state index contributed by atoms with van der Waals surface area (Å²) >= 11 is 0.